The van der Waals surface area contributed by atoms with Crippen molar-refractivity contribution in [3.05, 3.63) is 36.0 Å². The van der Waals surface area contributed by atoms with Crippen molar-refractivity contribution < 1.29 is 4.42 Å². The molecule has 1 saturated carbocycles. The summed E-state index contributed by atoms with van der Waals surface area (Å²) in [4.78, 5) is 8.92. The highest BCUT2D eigenvalue weighted by molar-refractivity contribution is 7.98. The maximum absolute atomic E-state index is 6.02. The maximum atomic E-state index is 6.02. The van der Waals surface area contributed by atoms with E-state index in [1.807, 2.05) is 24.3 Å². The number of anilines is 1. The van der Waals surface area contributed by atoms with Crippen molar-refractivity contribution in [1.82, 2.24) is 20.2 Å². The largest absolute Gasteiger partial charge is 0.416 e. The van der Waals surface area contributed by atoms with Crippen molar-refractivity contribution in [2.24, 2.45) is 0 Å². The average Bonchev–Trinajstić information content (AvgIpc) is 3.10. The molecule has 0 amide bonds. The number of nitrogens with zero attached hydrogens (tertiary/aromatic N) is 4. The number of fused-ring (bicyclic) bond motifs is 1. The van der Waals surface area contributed by atoms with Crippen molar-refractivity contribution in [3.8, 4) is 0 Å². The van der Waals surface area contributed by atoms with Crippen molar-refractivity contribution >= 4 is 28.5 Å². The second-order valence-electron chi connectivity index (χ2n) is 6.07. The fourth-order valence-corrected chi connectivity index (χ4v) is 3.76. The summed E-state index contributed by atoms with van der Waals surface area (Å²) in [5.74, 6) is 2.93. The van der Waals surface area contributed by atoms with Gasteiger partial charge in [0.1, 0.15) is 11.6 Å². The summed E-state index contributed by atoms with van der Waals surface area (Å²) in [6.45, 7) is 0. The number of nitrogen functional groups attached to an aromatic ring is 1. The topological polar surface area (TPSA) is 90.7 Å². The lowest BCUT2D eigenvalue weighted by molar-refractivity contribution is 0.334. The van der Waals surface area contributed by atoms with Gasteiger partial charge in [0.2, 0.25) is 5.89 Å². The second kappa shape index (κ2) is 6.76. The van der Waals surface area contributed by atoms with Crippen LogP contribution in [0.4, 0.5) is 5.82 Å². The zero-order valence-corrected chi connectivity index (χ0v) is 14.1. The second-order valence-corrected chi connectivity index (χ2v) is 7.00. The number of aromatic nitrogens is 4. The lowest BCUT2D eigenvalue weighted by atomic mass is 9.89. The molecule has 4 rings (SSSR count). The minimum atomic E-state index is 0.424. The number of thioether (sulfide) groups is 1. The van der Waals surface area contributed by atoms with E-state index in [-0.39, 0.29) is 0 Å². The van der Waals surface area contributed by atoms with Gasteiger partial charge < -0.3 is 10.2 Å². The molecule has 124 valence electrons. The Bertz CT molecular complexity index is 844. The Labute approximate surface area is 144 Å². The Hall–Kier alpha value is -2.15. The van der Waals surface area contributed by atoms with Gasteiger partial charge >= 0.3 is 0 Å². The van der Waals surface area contributed by atoms with Crippen LogP contribution in [0.2, 0.25) is 0 Å². The molecule has 0 radical (unpaired) electrons. The van der Waals surface area contributed by atoms with Gasteiger partial charge in [-0.15, -0.1) is 10.2 Å². The molecule has 0 spiro atoms. The van der Waals surface area contributed by atoms with Crippen LogP contribution in [0.5, 0.6) is 0 Å². The lowest BCUT2D eigenvalue weighted by Gasteiger charge is -2.17. The Balaban J connectivity index is 1.46. The summed E-state index contributed by atoms with van der Waals surface area (Å²) in [6.07, 6.45) is 6.11. The van der Waals surface area contributed by atoms with Crippen LogP contribution in [-0.4, -0.2) is 20.2 Å². The molecule has 0 atom stereocenters. The molecule has 1 aliphatic rings. The first-order valence-electron chi connectivity index (χ1n) is 8.27. The zero-order valence-electron chi connectivity index (χ0n) is 13.3. The summed E-state index contributed by atoms with van der Waals surface area (Å²) in [7, 11) is 0. The van der Waals surface area contributed by atoms with E-state index in [0.29, 0.717) is 28.5 Å². The van der Waals surface area contributed by atoms with Gasteiger partial charge in [0.15, 0.2) is 0 Å². The SMILES string of the molecule is Nc1nc(CSc2nnc(C3CCCCC3)o2)nc2ccccc12. The molecule has 24 heavy (non-hydrogen) atoms. The molecule has 1 aromatic carbocycles. The summed E-state index contributed by atoms with van der Waals surface area (Å²) < 4.78 is 5.82. The first-order chi connectivity index (χ1) is 11.8. The van der Waals surface area contributed by atoms with Crippen LogP contribution in [0.3, 0.4) is 0 Å². The third-order valence-corrected chi connectivity index (χ3v) is 5.19. The summed E-state index contributed by atoms with van der Waals surface area (Å²) in [5.41, 5.74) is 6.87. The van der Waals surface area contributed by atoms with E-state index in [1.54, 1.807) is 0 Å². The monoisotopic (exact) mass is 341 g/mol. The van der Waals surface area contributed by atoms with Gasteiger partial charge in [-0.05, 0) is 25.0 Å². The zero-order chi connectivity index (χ0) is 16.4. The maximum Gasteiger partial charge on any atom is 0.277 e. The fourth-order valence-electron chi connectivity index (χ4n) is 3.14. The van der Waals surface area contributed by atoms with Gasteiger partial charge in [0.05, 0.1) is 11.3 Å². The van der Waals surface area contributed by atoms with E-state index in [9.17, 15) is 0 Å². The number of nitrogens with two attached hydrogens (primary N) is 1. The van der Waals surface area contributed by atoms with Crippen molar-refractivity contribution in [3.63, 3.8) is 0 Å². The van der Waals surface area contributed by atoms with Crippen LogP contribution in [0.15, 0.2) is 33.9 Å². The van der Waals surface area contributed by atoms with Gasteiger partial charge in [-0.3, -0.25) is 0 Å². The van der Waals surface area contributed by atoms with Gasteiger partial charge in [0.25, 0.3) is 5.22 Å². The standard InChI is InChI=1S/C17H19N5OS/c18-15-12-8-4-5-9-13(12)19-14(20-15)10-24-17-22-21-16(23-17)11-6-2-1-3-7-11/h4-5,8-9,11H,1-3,6-7,10H2,(H2,18,19,20). The minimum Gasteiger partial charge on any atom is -0.416 e. The van der Waals surface area contributed by atoms with Crippen LogP contribution >= 0.6 is 11.8 Å². The van der Waals surface area contributed by atoms with Gasteiger partial charge in [-0.25, -0.2) is 9.97 Å². The Kier molecular flexibility index (Phi) is 4.34. The van der Waals surface area contributed by atoms with Crippen LogP contribution in [0.25, 0.3) is 10.9 Å². The minimum absolute atomic E-state index is 0.424. The van der Waals surface area contributed by atoms with Gasteiger partial charge in [0, 0.05) is 11.3 Å². The van der Waals surface area contributed by atoms with Crippen molar-refractivity contribution in [2.45, 2.75) is 49.0 Å². The average molecular weight is 341 g/mol. The molecule has 6 nitrogen and oxygen atoms in total. The molecular weight excluding hydrogens is 322 g/mol. The summed E-state index contributed by atoms with van der Waals surface area (Å²) in [6, 6.07) is 7.74. The van der Waals surface area contributed by atoms with E-state index in [4.69, 9.17) is 10.2 Å². The first kappa shape index (κ1) is 15.4. The first-order valence-corrected chi connectivity index (χ1v) is 9.25. The molecule has 2 N–H and O–H groups in total. The number of hydrogen-bond acceptors (Lipinski definition) is 7. The Morgan fingerprint density at radius 2 is 1.92 bits per heavy atom. The molecule has 0 aliphatic heterocycles. The molecule has 3 aromatic rings. The molecule has 0 saturated heterocycles. The highest BCUT2D eigenvalue weighted by Gasteiger charge is 2.21. The smallest absolute Gasteiger partial charge is 0.277 e. The summed E-state index contributed by atoms with van der Waals surface area (Å²) >= 11 is 1.45. The van der Waals surface area contributed by atoms with E-state index < -0.39 is 0 Å². The van der Waals surface area contributed by atoms with E-state index >= 15 is 0 Å². The Morgan fingerprint density at radius 3 is 2.79 bits per heavy atom. The van der Waals surface area contributed by atoms with Crippen LogP contribution in [0.1, 0.15) is 49.7 Å². The van der Waals surface area contributed by atoms with E-state index in [0.717, 1.165) is 29.6 Å². The molecule has 7 heteroatoms. The normalized spacial score (nSPS) is 15.8. The number of benzene rings is 1. The molecule has 2 aromatic heterocycles. The van der Waals surface area contributed by atoms with E-state index in [1.165, 1.54) is 31.0 Å². The number of para-hydroxylation sites is 1. The van der Waals surface area contributed by atoms with Crippen LogP contribution < -0.4 is 5.73 Å². The Morgan fingerprint density at radius 1 is 1.08 bits per heavy atom. The molecule has 1 aliphatic carbocycles. The van der Waals surface area contributed by atoms with Crippen LogP contribution in [-0.2, 0) is 5.75 Å². The van der Waals surface area contributed by atoms with Gasteiger partial charge in [-0.1, -0.05) is 43.2 Å². The number of rotatable bonds is 4. The van der Waals surface area contributed by atoms with Crippen molar-refractivity contribution in [1.29, 1.82) is 0 Å². The number of hydrogen-bond donors (Lipinski definition) is 1. The third kappa shape index (κ3) is 3.21. The highest BCUT2D eigenvalue weighted by Crippen LogP contribution is 2.33. The molecule has 1 fully saturated rings. The molecule has 0 unspecified atom stereocenters. The summed E-state index contributed by atoms with van der Waals surface area (Å²) in [5, 5.41) is 9.82. The predicted octanol–water partition coefficient (Wildman–Crippen LogP) is 3.94. The highest BCUT2D eigenvalue weighted by atomic mass is 32.2. The predicted molar refractivity (Wildman–Crippen MR) is 93.6 cm³/mol. The lowest BCUT2D eigenvalue weighted by Crippen LogP contribution is -2.04. The molecule has 2 heterocycles. The van der Waals surface area contributed by atoms with E-state index in [2.05, 4.69) is 20.2 Å². The molecular formula is C17H19N5OS. The quantitative estimate of drug-likeness (QED) is 0.719. The fraction of sp³-hybridized carbons (Fsp3) is 0.412. The molecule has 0 bridgehead atoms. The van der Waals surface area contributed by atoms with Gasteiger partial charge in [-0.2, -0.15) is 0 Å². The van der Waals surface area contributed by atoms with Crippen molar-refractivity contribution in [2.75, 3.05) is 5.73 Å². The third-order valence-electron chi connectivity index (χ3n) is 4.38. The van der Waals surface area contributed by atoms with Crippen LogP contribution in [0, 0.1) is 0 Å².